The van der Waals surface area contributed by atoms with E-state index in [0.717, 1.165) is 72.4 Å². The van der Waals surface area contributed by atoms with Crippen LogP contribution in [0.2, 0.25) is 5.02 Å². The first kappa shape index (κ1) is 19.1. The number of aliphatic carboxylic acids is 1. The molecular weight excluding hydrogens is 398 g/mol. The maximum absolute atomic E-state index is 12.3. The van der Waals surface area contributed by atoms with Gasteiger partial charge in [-0.15, -0.1) is 0 Å². The zero-order valence-corrected chi connectivity index (χ0v) is 18.0. The number of H-pyrrole nitrogens is 1. The number of aromatic amines is 1. The first-order chi connectivity index (χ1) is 14.6. The fourth-order valence-corrected chi connectivity index (χ4v) is 7.79. The summed E-state index contributed by atoms with van der Waals surface area (Å²) in [5, 5.41) is 11.7. The molecule has 6 heteroatoms. The summed E-state index contributed by atoms with van der Waals surface area (Å²) in [4.78, 5) is 20.4. The Morgan fingerprint density at radius 3 is 2.33 bits per heavy atom. The SMILES string of the molecule is O=C(O)[C@H](c1c[nH]c2ccc(Cl)cc12)N1CCN(C2C3CC4CC(C3)CC2C4)CC1. The van der Waals surface area contributed by atoms with Gasteiger partial charge in [0.1, 0.15) is 6.04 Å². The second kappa shape index (κ2) is 7.25. The van der Waals surface area contributed by atoms with E-state index in [4.69, 9.17) is 11.6 Å². The summed E-state index contributed by atoms with van der Waals surface area (Å²) in [7, 11) is 0. The minimum absolute atomic E-state index is 0.627. The molecule has 1 atom stereocenters. The molecule has 7 rings (SSSR count). The van der Waals surface area contributed by atoms with Gasteiger partial charge in [0.15, 0.2) is 0 Å². The van der Waals surface area contributed by atoms with E-state index in [2.05, 4.69) is 14.8 Å². The summed E-state index contributed by atoms with van der Waals surface area (Å²) < 4.78 is 0. The number of benzene rings is 1. The number of carboxylic acid groups (broad SMARTS) is 1. The normalized spacial score (nSPS) is 35.2. The van der Waals surface area contributed by atoms with Crippen molar-refractivity contribution in [1.29, 1.82) is 0 Å². The monoisotopic (exact) mass is 427 g/mol. The third-order valence-electron chi connectivity index (χ3n) is 8.52. The molecule has 4 saturated carbocycles. The number of nitrogens with one attached hydrogen (secondary N) is 1. The van der Waals surface area contributed by atoms with Gasteiger partial charge in [-0.3, -0.25) is 14.6 Å². The van der Waals surface area contributed by atoms with Gasteiger partial charge in [-0.1, -0.05) is 11.6 Å². The van der Waals surface area contributed by atoms with E-state index in [1.807, 2.05) is 24.4 Å². The van der Waals surface area contributed by atoms with Gasteiger partial charge in [0.05, 0.1) is 0 Å². The van der Waals surface area contributed by atoms with Crippen LogP contribution in [-0.2, 0) is 4.79 Å². The number of hydrogen-bond donors (Lipinski definition) is 2. The molecule has 1 aromatic carbocycles. The molecular formula is C24H30ClN3O2. The van der Waals surface area contributed by atoms with Gasteiger partial charge in [0.25, 0.3) is 0 Å². The molecule has 5 nitrogen and oxygen atoms in total. The number of nitrogens with zero attached hydrogens (tertiary/aromatic N) is 2. The fourth-order valence-electron chi connectivity index (χ4n) is 7.61. The Balaban J connectivity index is 1.20. The van der Waals surface area contributed by atoms with Gasteiger partial charge in [-0.2, -0.15) is 0 Å². The molecule has 1 aliphatic heterocycles. The van der Waals surface area contributed by atoms with E-state index in [-0.39, 0.29) is 0 Å². The van der Waals surface area contributed by atoms with E-state index < -0.39 is 12.0 Å². The van der Waals surface area contributed by atoms with Gasteiger partial charge >= 0.3 is 5.97 Å². The molecule has 0 spiro atoms. The van der Waals surface area contributed by atoms with Crippen LogP contribution < -0.4 is 0 Å². The van der Waals surface area contributed by atoms with Crippen molar-refractivity contribution < 1.29 is 9.90 Å². The van der Waals surface area contributed by atoms with Crippen molar-refractivity contribution in [3.63, 3.8) is 0 Å². The highest BCUT2D eigenvalue weighted by Crippen LogP contribution is 2.55. The zero-order valence-electron chi connectivity index (χ0n) is 17.3. The third-order valence-corrected chi connectivity index (χ3v) is 8.75. The predicted octanol–water partition coefficient (Wildman–Crippen LogP) is 4.39. The highest BCUT2D eigenvalue weighted by Gasteiger charge is 2.50. The first-order valence-corrected chi connectivity index (χ1v) is 11.9. The van der Waals surface area contributed by atoms with Crippen molar-refractivity contribution in [1.82, 2.24) is 14.8 Å². The Kier molecular flexibility index (Phi) is 4.63. The van der Waals surface area contributed by atoms with Gasteiger partial charge in [0.2, 0.25) is 0 Å². The van der Waals surface area contributed by atoms with E-state index in [1.165, 1.54) is 32.1 Å². The Morgan fingerprint density at radius 2 is 1.70 bits per heavy atom. The molecule has 160 valence electrons. The van der Waals surface area contributed by atoms with E-state index >= 15 is 0 Å². The van der Waals surface area contributed by atoms with Crippen molar-refractivity contribution >= 4 is 28.5 Å². The largest absolute Gasteiger partial charge is 0.480 e. The zero-order chi connectivity index (χ0) is 20.4. The number of rotatable bonds is 4. The van der Waals surface area contributed by atoms with Crippen molar-refractivity contribution in [2.24, 2.45) is 23.7 Å². The van der Waals surface area contributed by atoms with Crippen molar-refractivity contribution in [3.8, 4) is 0 Å². The highest BCUT2D eigenvalue weighted by molar-refractivity contribution is 6.31. The molecule has 30 heavy (non-hydrogen) atoms. The van der Waals surface area contributed by atoms with Crippen LogP contribution >= 0.6 is 11.6 Å². The first-order valence-electron chi connectivity index (χ1n) is 11.5. The molecule has 5 aliphatic rings. The van der Waals surface area contributed by atoms with Gasteiger partial charge < -0.3 is 10.1 Å². The third kappa shape index (κ3) is 3.09. The number of piperazine rings is 1. The Morgan fingerprint density at radius 1 is 1.03 bits per heavy atom. The molecule has 4 bridgehead atoms. The lowest BCUT2D eigenvalue weighted by atomic mass is 9.54. The van der Waals surface area contributed by atoms with Crippen LogP contribution in [0, 0.1) is 23.7 Å². The Hall–Kier alpha value is -1.56. The lowest BCUT2D eigenvalue weighted by Crippen LogP contribution is -2.60. The smallest absolute Gasteiger partial charge is 0.325 e. The van der Waals surface area contributed by atoms with Crippen molar-refractivity contribution in [2.45, 2.75) is 44.2 Å². The average molecular weight is 428 g/mol. The molecule has 5 fully saturated rings. The molecule has 0 amide bonds. The molecule has 0 radical (unpaired) electrons. The van der Waals surface area contributed by atoms with E-state index in [9.17, 15) is 9.90 Å². The van der Waals surface area contributed by atoms with Crippen LogP contribution in [0.15, 0.2) is 24.4 Å². The number of halogens is 1. The second-order valence-corrected chi connectivity index (χ2v) is 10.6. The van der Waals surface area contributed by atoms with Crippen LogP contribution in [0.4, 0.5) is 0 Å². The molecule has 0 unspecified atom stereocenters. The summed E-state index contributed by atoms with van der Waals surface area (Å²) in [5.74, 6) is 2.99. The van der Waals surface area contributed by atoms with Gasteiger partial charge in [0, 0.05) is 59.9 Å². The highest BCUT2D eigenvalue weighted by atomic mass is 35.5. The molecule has 1 saturated heterocycles. The summed E-state index contributed by atoms with van der Waals surface area (Å²) in [6.45, 7) is 3.60. The minimum Gasteiger partial charge on any atom is -0.480 e. The standard InChI is InChI=1S/C24H30ClN3O2/c25-18-1-2-21-19(12-18)20(13-26-21)23(24(29)30)28-5-3-27(4-6-28)22-16-8-14-7-15(10-16)11-17(22)9-14/h1-2,12-17,22-23,26H,3-11H2,(H,29,30)/t14?,15?,16?,17?,22?,23-/m0/s1. The molecule has 4 aliphatic carbocycles. The fraction of sp³-hybridized carbons (Fsp3) is 0.625. The number of carboxylic acids is 1. The quantitative estimate of drug-likeness (QED) is 0.759. The van der Waals surface area contributed by atoms with Crippen molar-refractivity contribution in [2.75, 3.05) is 26.2 Å². The second-order valence-electron chi connectivity index (χ2n) is 10.2. The lowest BCUT2D eigenvalue weighted by molar-refractivity contribution is -0.145. The van der Waals surface area contributed by atoms with Crippen molar-refractivity contribution in [3.05, 3.63) is 35.0 Å². The number of aromatic nitrogens is 1. The van der Waals surface area contributed by atoms with Crippen LogP contribution in [-0.4, -0.2) is 58.1 Å². The topological polar surface area (TPSA) is 59.6 Å². The molecule has 1 aromatic heterocycles. The summed E-state index contributed by atoms with van der Waals surface area (Å²) >= 11 is 6.20. The van der Waals surface area contributed by atoms with Gasteiger partial charge in [-0.05, 0) is 74.0 Å². The minimum atomic E-state index is -0.779. The maximum atomic E-state index is 12.3. The predicted molar refractivity (Wildman–Crippen MR) is 118 cm³/mol. The molecule has 2 aromatic rings. The van der Waals surface area contributed by atoms with E-state index in [1.54, 1.807) is 0 Å². The Labute approximate surface area is 182 Å². The molecule has 2 heterocycles. The van der Waals surface area contributed by atoms with Crippen LogP contribution in [0.1, 0.15) is 43.7 Å². The van der Waals surface area contributed by atoms with Crippen LogP contribution in [0.3, 0.4) is 0 Å². The summed E-state index contributed by atoms with van der Waals surface area (Å²) in [6.07, 6.45) is 9.08. The Bertz CT molecular complexity index is 937. The van der Waals surface area contributed by atoms with Gasteiger partial charge in [-0.25, -0.2) is 0 Å². The lowest BCUT2D eigenvalue weighted by Gasteiger charge is -2.58. The number of hydrogen-bond acceptors (Lipinski definition) is 3. The van der Waals surface area contributed by atoms with Crippen LogP contribution in [0.5, 0.6) is 0 Å². The number of carbonyl (C=O) groups is 1. The maximum Gasteiger partial charge on any atom is 0.325 e. The summed E-state index contributed by atoms with van der Waals surface area (Å²) in [5.41, 5.74) is 1.76. The van der Waals surface area contributed by atoms with E-state index in [0.29, 0.717) is 5.02 Å². The molecule has 2 N–H and O–H groups in total. The average Bonchev–Trinajstić information content (AvgIpc) is 3.11. The summed E-state index contributed by atoms with van der Waals surface area (Å²) in [6, 6.07) is 5.75. The number of fused-ring (bicyclic) bond motifs is 1. The van der Waals surface area contributed by atoms with Crippen LogP contribution in [0.25, 0.3) is 10.9 Å².